The second-order valence-electron chi connectivity index (χ2n) is 4.58. The van der Waals surface area contributed by atoms with Crippen LogP contribution in [-0.2, 0) is 6.54 Å². The Hall–Kier alpha value is -3.09. The van der Waals surface area contributed by atoms with Crippen molar-refractivity contribution in [1.82, 2.24) is 20.5 Å². The third-order valence-electron chi connectivity index (χ3n) is 3.18. The maximum Gasteiger partial charge on any atom is 0.404 e. The van der Waals surface area contributed by atoms with Crippen LogP contribution in [0.3, 0.4) is 0 Å². The summed E-state index contributed by atoms with van der Waals surface area (Å²) in [4.78, 5) is 14.7. The monoisotopic (exact) mass is 283 g/mol. The molecular formula is C14H13N5O2. The number of nitrogens with one attached hydrogen (secondary N) is 2. The summed E-state index contributed by atoms with van der Waals surface area (Å²) < 4.78 is 0. The van der Waals surface area contributed by atoms with E-state index in [-0.39, 0.29) is 6.54 Å². The van der Waals surface area contributed by atoms with Gasteiger partial charge in [-0.3, -0.25) is 5.10 Å². The van der Waals surface area contributed by atoms with Gasteiger partial charge < -0.3 is 16.2 Å². The molecule has 106 valence electrons. The van der Waals surface area contributed by atoms with Crippen LogP contribution in [-0.4, -0.2) is 26.4 Å². The molecule has 3 aromatic rings. The summed E-state index contributed by atoms with van der Waals surface area (Å²) in [6, 6.07) is 9.49. The minimum absolute atomic E-state index is 0.279. The van der Waals surface area contributed by atoms with Crippen LogP contribution in [0.1, 0.15) is 5.56 Å². The third-order valence-corrected chi connectivity index (χ3v) is 3.18. The van der Waals surface area contributed by atoms with Gasteiger partial charge in [0.1, 0.15) is 0 Å². The summed E-state index contributed by atoms with van der Waals surface area (Å²) in [5.41, 5.74) is 9.21. The van der Waals surface area contributed by atoms with Gasteiger partial charge in [0.2, 0.25) is 0 Å². The maximum atomic E-state index is 10.5. The van der Waals surface area contributed by atoms with E-state index in [4.69, 9.17) is 10.8 Å². The van der Waals surface area contributed by atoms with Crippen LogP contribution in [0.5, 0.6) is 0 Å². The average molecular weight is 283 g/mol. The Morgan fingerprint density at radius 3 is 2.76 bits per heavy atom. The van der Waals surface area contributed by atoms with E-state index >= 15 is 0 Å². The molecule has 5 N–H and O–H groups in total. The Bertz CT molecular complexity index is 795. The van der Waals surface area contributed by atoms with Gasteiger partial charge in [0.25, 0.3) is 0 Å². The molecule has 1 amide bonds. The summed E-state index contributed by atoms with van der Waals surface area (Å²) in [5.74, 6) is 0.418. The first-order valence-corrected chi connectivity index (χ1v) is 6.29. The van der Waals surface area contributed by atoms with Crippen molar-refractivity contribution in [3.05, 3.63) is 42.1 Å². The van der Waals surface area contributed by atoms with Crippen molar-refractivity contribution < 1.29 is 9.90 Å². The first-order valence-electron chi connectivity index (χ1n) is 6.29. The number of hydrogen-bond donors (Lipinski definition) is 4. The summed E-state index contributed by atoms with van der Waals surface area (Å²) in [6.07, 6.45) is 0.703. The molecule has 21 heavy (non-hydrogen) atoms. The summed E-state index contributed by atoms with van der Waals surface area (Å²) in [5, 5.41) is 18.3. The van der Waals surface area contributed by atoms with Gasteiger partial charge in [0.05, 0.1) is 5.39 Å². The highest BCUT2D eigenvalue weighted by molar-refractivity contribution is 5.89. The Kier molecular flexibility index (Phi) is 3.15. The van der Waals surface area contributed by atoms with Crippen LogP contribution >= 0.6 is 0 Å². The minimum atomic E-state index is -1.04. The number of amides is 1. The second kappa shape index (κ2) is 5.12. The van der Waals surface area contributed by atoms with Gasteiger partial charge in [-0.15, -0.1) is 0 Å². The molecule has 2 aromatic heterocycles. The van der Waals surface area contributed by atoms with Gasteiger partial charge >= 0.3 is 6.09 Å². The topological polar surface area (TPSA) is 117 Å². The molecule has 0 unspecified atom stereocenters. The van der Waals surface area contributed by atoms with E-state index in [9.17, 15) is 4.79 Å². The van der Waals surface area contributed by atoms with E-state index in [1.165, 1.54) is 0 Å². The number of carboxylic acid groups (broad SMARTS) is 1. The summed E-state index contributed by atoms with van der Waals surface area (Å²) in [7, 11) is 0. The highest BCUT2D eigenvalue weighted by Crippen LogP contribution is 2.24. The van der Waals surface area contributed by atoms with Crippen LogP contribution in [0.4, 0.5) is 10.6 Å². The summed E-state index contributed by atoms with van der Waals surface area (Å²) >= 11 is 0. The van der Waals surface area contributed by atoms with Gasteiger partial charge in [0, 0.05) is 18.3 Å². The molecule has 0 aliphatic heterocycles. The zero-order chi connectivity index (χ0) is 14.8. The van der Waals surface area contributed by atoms with E-state index in [1.807, 2.05) is 30.3 Å². The zero-order valence-corrected chi connectivity index (χ0v) is 11.0. The van der Waals surface area contributed by atoms with Crippen molar-refractivity contribution in [1.29, 1.82) is 0 Å². The van der Waals surface area contributed by atoms with E-state index in [0.717, 1.165) is 22.1 Å². The van der Waals surface area contributed by atoms with Crippen molar-refractivity contribution >= 4 is 22.9 Å². The molecule has 7 heteroatoms. The third kappa shape index (κ3) is 2.62. The number of fused-ring (bicyclic) bond motifs is 1. The molecule has 0 aliphatic carbocycles. The van der Waals surface area contributed by atoms with Crippen LogP contribution in [0.2, 0.25) is 0 Å². The lowest BCUT2D eigenvalue weighted by atomic mass is 10.0. The van der Waals surface area contributed by atoms with Crippen molar-refractivity contribution in [3.8, 4) is 11.1 Å². The fourth-order valence-corrected chi connectivity index (χ4v) is 2.07. The fourth-order valence-electron chi connectivity index (χ4n) is 2.07. The highest BCUT2D eigenvalue weighted by Gasteiger charge is 2.06. The number of hydrogen-bond acceptors (Lipinski definition) is 4. The first-order chi connectivity index (χ1) is 10.1. The molecule has 2 heterocycles. The van der Waals surface area contributed by atoms with Gasteiger partial charge in [-0.25, -0.2) is 9.78 Å². The molecule has 0 spiro atoms. The average Bonchev–Trinajstić information content (AvgIpc) is 2.87. The van der Waals surface area contributed by atoms with Crippen LogP contribution in [0.25, 0.3) is 22.2 Å². The molecule has 7 nitrogen and oxygen atoms in total. The molecule has 0 fully saturated rings. The van der Waals surface area contributed by atoms with Crippen LogP contribution in [0, 0.1) is 0 Å². The Morgan fingerprint density at radius 1 is 1.29 bits per heavy atom. The van der Waals surface area contributed by atoms with E-state index < -0.39 is 6.09 Å². The minimum Gasteiger partial charge on any atom is -0.465 e. The summed E-state index contributed by atoms with van der Waals surface area (Å²) in [6.45, 7) is 0.279. The maximum absolute atomic E-state index is 10.5. The number of H-pyrrole nitrogens is 1. The predicted molar refractivity (Wildman–Crippen MR) is 78.6 cm³/mol. The van der Waals surface area contributed by atoms with Crippen molar-refractivity contribution in [2.24, 2.45) is 0 Å². The van der Waals surface area contributed by atoms with Crippen molar-refractivity contribution in [2.45, 2.75) is 6.54 Å². The number of nitrogens with zero attached hydrogens (tertiary/aromatic N) is 2. The molecule has 0 atom stereocenters. The number of benzene rings is 1. The van der Waals surface area contributed by atoms with E-state index in [0.29, 0.717) is 11.5 Å². The lowest BCUT2D eigenvalue weighted by Gasteiger charge is -2.05. The fraction of sp³-hybridized carbons (Fsp3) is 0.0714. The lowest BCUT2D eigenvalue weighted by Crippen LogP contribution is -2.19. The molecular weight excluding hydrogens is 270 g/mol. The molecule has 0 bridgehead atoms. The molecule has 0 saturated heterocycles. The van der Waals surface area contributed by atoms with Gasteiger partial charge in [-0.2, -0.15) is 5.10 Å². The largest absolute Gasteiger partial charge is 0.465 e. The molecule has 0 radical (unpaired) electrons. The number of aromatic nitrogens is 3. The van der Waals surface area contributed by atoms with Gasteiger partial charge in [-0.05, 0) is 17.2 Å². The second-order valence-corrected chi connectivity index (χ2v) is 4.58. The quantitative estimate of drug-likeness (QED) is 0.586. The van der Waals surface area contributed by atoms with Gasteiger partial charge in [-0.1, -0.05) is 24.3 Å². The van der Waals surface area contributed by atoms with Crippen molar-refractivity contribution in [3.63, 3.8) is 0 Å². The highest BCUT2D eigenvalue weighted by atomic mass is 16.4. The normalized spacial score (nSPS) is 10.7. The first kappa shape index (κ1) is 12.9. The number of aromatic amines is 1. The number of nitrogen functional groups attached to an aromatic ring is 1. The molecule has 0 saturated carbocycles. The molecule has 0 aliphatic rings. The number of carbonyl (C=O) groups is 1. The number of pyridine rings is 1. The van der Waals surface area contributed by atoms with E-state index in [1.54, 1.807) is 6.20 Å². The standard InChI is InChI=1S/C14H13N5O2/c15-12-11-5-10(7-16-13(11)19-18-12)9-3-1-8(2-4-9)6-17-14(20)21/h1-5,7,17H,6H2,(H,20,21)(H3,15,16,18,19). The van der Waals surface area contributed by atoms with Crippen LogP contribution in [0.15, 0.2) is 36.5 Å². The number of rotatable bonds is 3. The SMILES string of the molecule is Nc1n[nH]c2ncc(-c3ccc(CNC(=O)O)cc3)cc12. The van der Waals surface area contributed by atoms with Crippen molar-refractivity contribution in [2.75, 3.05) is 5.73 Å². The van der Waals surface area contributed by atoms with E-state index in [2.05, 4.69) is 20.5 Å². The predicted octanol–water partition coefficient (Wildman–Crippen LogP) is 1.97. The number of anilines is 1. The Morgan fingerprint density at radius 2 is 2.05 bits per heavy atom. The molecule has 3 rings (SSSR count). The zero-order valence-electron chi connectivity index (χ0n) is 11.0. The smallest absolute Gasteiger partial charge is 0.404 e. The van der Waals surface area contributed by atoms with Gasteiger partial charge in [0.15, 0.2) is 11.5 Å². The van der Waals surface area contributed by atoms with Crippen LogP contribution < -0.4 is 11.1 Å². The Labute approximate surface area is 119 Å². The number of nitrogens with two attached hydrogens (primary N) is 1. The molecule has 1 aromatic carbocycles. The Balaban J connectivity index is 1.87. The lowest BCUT2D eigenvalue weighted by molar-refractivity contribution is 0.194.